The lowest BCUT2D eigenvalue weighted by Crippen LogP contribution is -2.41. The number of aldehydes is 1. The van der Waals surface area contributed by atoms with Crippen LogP contribution >= 0.6 is 0 Å². The quantitative estimate of drug-likeness (QED) is 0.557. The zero-order valence-electron chi connectivity index (χ0n) is 14.8. The second-order valence-corrected chi connectivity index (χ2v) is 12.4. The van der Waals surface area contributed by atoms with Crippen molar-refractivity contribution in [3.63, 3.8) is 0 Å². The van der Waals surface area contributed by atoms with Crippen LogP contribution in [0.4, 0.5) is 0 Å². The Morgan fingerprint density at radius 3 is 2.57 bits per heavy atom. The monoisotopic (exact) mass is 329 g/mol. The normalized spacial score (nSPS) is 14.0. The molecule has 2 aromatic rings. The molecule has 0 bridgehead atoms. The first kappa shape index (κ1) is 17.8. The Kier molecular flexibility index (Phi) is 5.37. The third kappa shape index (κ3) is 4.06. The summed E-state index contributed by atoms with van der Waals surface area (Å²) in [4.78, 5) is 15.6. The van der Waals surface area contributed by atoms with Gasteiger partial charge >= 0.3 is 0 Å². The molecule has 1 aromatic heterocycles. The van der Waals surface area contributed by atoms with E-state index in [2.05, 4.69) is 44.9 Å². The molecule has 2 rings (SSSR count). The molecule has 0 fully saturated rings. The second-order valence-electron chi connectivity index (χ2n) is 7.59. The number of pyridine rings is 1. The van der Waals surface area contributed by atoms with Gasteiger partial charge in [0.1, 0.15) is 6.29 Å². The zero-order valence-corrected chi connectivity index (χ0v) is 15.8. The molecule has 0 saturated heterocycles. The van der Waals surface area contributed by atoms with Gasteiger partial charge in [-0.05, 0) is 35.8 Å². The van der Waals surface area contributed by atoms with Gasteiger partial charge < -0.3 is 9.22 Å². The van der Waals surface area contributed by atoms with Gasteiger partial charge in [0.05, 0.1) is 5.52 Å². The van der Waals surface area contributed by atoms with Crippen LogP contribution in [0, 0.1) is 0 Å². The van der Waals surface area contributed by atoms with E-state index in [1.807, 2.05) is 30.5 Å². The molecule has 4 heteroatoms. The number of carbonyl (C=O) groups is 1. The zero-order chi connectivity index (χ0) is 17.1. The smallest absolute Gasteiger partial charge is 0.192 e. The van der Waals surface area contributed by atoms with Crippen LogP contribution in [-0.4, -0.2) is 26.2 Å². The molecule has 0 spiro atoms. The average Bonchev–Trinajstić information content (AvgIpc) is 2.50. The molecule has 1 aromatic carbocycles. The van der Waals surface area contributed by atoms with E-state index in [0.29, 0.717) is 13.0 Å². The standard InChI is InChI=1S/C19H27NO2Si/c1-19(2,3)23(4,5)22-14-15(11-13-21)16-10-12-20-18-9-7-6-8-17(16)18/h6-10,12-13,15H,11,14H2,1-5H3/t15-/m1/s1. The van der Waals surface area contributed by atoms with Crippen LogP contribution in [0.25, 0.3) is 10.9 Å². The summed E-state index contributed by atoms with van der Waals surface area (Å²) in [6.45, 7) is 11.8. The van der Waals surface area contributed by atoms with Crippen molar-refractivity contribution in [2.75, 3.05) is 6.61 Å². The van der Waals surface area contributed by atoms with E-state index in [1.54, 1.807) is 0 Å². The van der Waals surface area contributed by atoms with Crippen LogP contribution in [-0.2, 0) is 9.22 Å². The highest BCUT2D eigenvalue weighted by atomic mass is 28.4. The Morgan fingerprint density at radius 1 is 1.22 bits per heavy atom. The molecule has 3 nitrogen and oxygen atoms in total. The minimum atomic E-state index is -1.83. The lowest BCUT2D eigenvalue weighted by Gasteiger charge is -2.37. The lowest BCUT2D eigenvalue weighted by molar-refractivity contribution is -0.108. The second kappa shape index (κ2) is 6.93. The first-order valence-corrected chi connectivity index (χ1v) is 11.1. The molecule has 0 aliphatic carbocycles. The van der Waals surface area contributed by atoms with Crippen LogP contribution in [0.1, 0.15) is 38.7 Å². The summed E-state index contributed by atoms with van der Waals surface area (Å²) in [5, 5.41) is 1.28. The van der Waals surface area contributed by atoms with Crippen molar-refractivity contribution in [2.45, 2.75) is 51.2 Å². The number of fused-ring (bicyclic) bond motifs is 1. The molecule has 0 aliphatic heterocycles. The molecular weight excluding hydrogens is 302 g/mol. The van der Waals surface area contributed by atoms with E-state index in [-0.39, 0.29) is 11.0 Å². The lowest BCUT2D eigenvalue weighted by atomic mass is 9.94. The highest BCUT2D eigenvalue weighted by Gasteiger charge is 2.37. The first-order chi connectivity index (χ1) is 10.8. The summed E-state index contributed by atoms with van der Waals surface area (Å²) in [5.74, 6) is 0.0783. The van der Waals surface area contributed by atoms with Crippen molar-refractivity contribution >= 4 is 25.5 Å². The maximum atomic E-state index is 11.2. The van der Waals surface area contributed by atoms with Crippen molar-refractivity contribution in [3.8, 4) is 0 Å². The molecule has 124 valence electrons. The fourth-order valence-electron chi connectivity index (χ4n) is 2.40. The van der Waals surface area contributed by atoms with Crippen molar-refractivity contribution in [3.05, 3.63) is 42.1 Å². The predicted molar refractivity (Wildman–Crippen MR) is 98.3 cm³/mol. The molecule has 0 amide bonds. The molecule has 0 radical (unpaired) electrons. The summed E-state index contributed by atoms with van der Waals surface area (Å²) in [7, 11) is -1.83. The molecule has 0 N–H and O–H groups in total. The van der Waals surface area contributed by atoms with Gasteiger partial charge in [0.2, 0.25) is 0 Å². The van der Waals surface area contributed by atoms with Crippen LogP contribution in [0.2, 0.25) is 18.1 Å². The summed E-state index contributed by atoms with van der Waals surface area (Å²) < 4.78 is 6.37. The third-order valence-corrected chi connectivity index (χ3v) is 9.46. The molecule has 1 atom stereocenters. The molecular formula is C19H27NO2Si. The topological polar surface area (TPSA) is 39.2 Å². The average molecular weight is 330 g/mol. The Balaban J connectivity index is 2.29. The maximum Gasteiger partial charge on any atom is 0.192 e. The largest absolute Gasteiger partial charge is 0.416 e. The Hall–Kier alpha value is -1.52. The van der Waals surface area contributed by atoms with Gasteiger partial charge in [0.25, 0.3) is 0 Å². The SMILES string of the molecule is CC(C)(C)[Si](C)(C)OC[C@@H](CC=O)c1ccnc2ccccc12. The number of hydrogen-bond acceptors (Lipinski definition) is 3. The minimum absolute atomic E-state index is 0.0783. The van der Waals surface area contributed by atoms with Crippen LogP contribution in [0.15, 0.2) is 36.5 Å². The third-order valence-electron chi connectivity index (χ3n) is 4.95. The molecule has 0 saturated carbocycles. The van der Waals surface area contributed by atoms with Gasteiger partial charge in [0, 0.05) is 30.5 Å². The van der Waals surface area contributed by atoms with Gasteiger partial charge in [-0.15, -0.1) is 0 Å². The number of carbonyl (C=O) groups excluding carboxylic acids is 1. The van der Waals surface area contributed by atoms with Gasteiger partial charge in [-0.2, -0.15) is 0 Å². The summed E-state index contributed by atoms with van der Waals surface area (Å²) >= 11 is 0. The number of para-hydroxylation sites is 1. The van der Waals surface area contributed by atoms with Crippen molar-refractivity contribution in [2.24, 2.45) is 0 Å². The number of hydrogen-bond donors (Lipinski definition) is 0. The van der Waals surface area contributed by atoms with E-state index in [0.717, 1.165) is 22.8 Å². The summed E-state index contributed by atoms with van der Waals surface area (Å²) in [6, 6.07) is 10.1. The van der Waals surface area contributed by atoms with Gasteiger partial charge in [0.15, 0.2) is 8.32 Å². The van der Waals surface area contributed by atoms with E-state index in [9.17, 15) is 4.79 Å². The summed E-state index contributed by atoms with van der Waals surface area (Å²) in [6.07, 6.45) is 3.29. The van der Waals surface area contributed by atoms with Crippen molar-refractivity contribution < 1.29 is 9.22 Å². The molecule has 23 heavy (non-hydrogen) atoms. The Labute approximate surface area is 140 Å². The van der Waals surface area contributed by atoms with Crippen molar-refractivity contribution in [1.82, 2.24) is 4.98 Å². The van der Waals surface area contributed by atoms with Crippen molar-refractivity contribution in [1.29, 1.82) is 0 Å². The Morgan fingerprint density at radius 2 is 1.91 bits per heavy atom. The van der Waals surface area contributed by atoms with E-state index < -0.39 is 8.32 Å². The number of aromatic nitrogens is 1. The van der Waals surface area contributed by atoms with Crippen LogP contribution < -0.4 is 0 Å². The van der Waals surface area contributed by atoms with E-state index >= 15 is 0 Å². The number of rotatable bonds is 6. The van der Waals surface area contributed by atoms with Crippen LogP contribution in [0.5, 0.6) is 0 Å². The Bertz CT molecular complexity index is 671. The summed E-state index contributed by atoms with van der Waals surface area (Å²) in [5.41, 5.74) is 2.12. The minimum Gasteiger partial charge on any atom is -0.416 e. The highest BCUT2D eigenvalue weighted by molar-refractivity contribution is 6.74. The van der Waals surface area contributed by atoms with Gasteiger partial charge in [-0.25, -0.2) is 0 Å². The van der Waals surface area contributed by atoms with Gasteiger partial charge in [-0.3, -0.25) is 4.98 Å². The van der Waals surface area contributed by atoms with Gasteiger partial charge in [-0.1, -0.05) is 39.0 Å². The highest BCUT2D eigenvalue weighted by Crippen LogP contribution is 2.38. The predicted octanol–water partition coefficient (Wildman–Crippen LogP) is 4.93. The first-order valence-electron chi connectivity index (χ1n) is 8.17. The molecule has 0 aliphatic rings. The fourth-order valence-corrected chi connectivity index (χ4v) is 3.45. The van der Waals surface area contributed by atoms with Crippen LogP contribution in [0.3, 0.4) is 0 Å². The maximum absolute atomic E-state index is 11.2. The molecule has 1 heterocycles. The van der Waals surface area contributed by atoms with E-state index in [4.69, 9.17) is 4.43 Å². The fraction of sp³-hybridized carbons (Fsp3) is 0.474. The molecule has 0 unspecified atom stereocenters. The number of nitrogens with zero attached hydrogens (tertiary/aromatic N) is 1. The van der Waals surface area contributed by atoms with E-state index in [1.165, 1.54) is 0 Å². The number of benzene rings is 1.